The second kappa shape index (κ2) is 4.85. The van der Waals surface area contributed by atoms with Crippen LogP contribution in [0.4, 0.5) is 13.2 Å². The van der Waals surface area contributed by atoms with Gasteiger partial charge in [0.15, 0.2) is 0 Å². The van der Waals surface area contributed by atoms with E-state index in [4.69, 9.17) is 5.11 Å². The third-order valence-electron chi connectivity index (χ3n) is 3.55. The summed E-state index contributed by atoms with van der Waals surface area (Å²) in [6, 6.07) is 6.42. The molecule has 20 heavy (non-hydrogen) atoms. The lowest BCUT2D eigenvalue weighted by Crippen LogP contribution is -2.31. The molecule has 1 aromatic heterocycles. The summed E-state index contributed by atoms with van der Waals surface area (Å²) in [7, 11) is 1.76. The van der Waals surface area contributed by atoms with Crippen LogP contribution in [0.25, 0.3) is 10.9 Å². The van der Waals surface area contributed by atoms with Crippen LogP contribution < -0.4 is 0 Å². The summed E-state index contributed by atoms with van der Waals surface area (Å²) in [6.07, 6.45) is -2.77. The van der Waals surface area contributed by atoms with Gasteiger partial charge >= 0.3 is 12.1 Å². The van der Waals surface area contributed by atoms with Crippen LogP contribution in [0.5, 0.6) is 0 Å². The van der Waals surface area contributed by atoms with E-state index >= 15 is 0 Å². The standard InChI is InChI=1S/C14H14F3NO2/c1-8(14(15,16)17)12(13(19)20)10-4-3-9-5-6-18(2)11(9)7-10/h3-8,12H,1-2H3,(H,19,20)/t8-,12?/m1/s1. The number of carboxylic acids is 1. The van der Waals surface area contributed by atoms with E-state index in [2.05, 4.69) is 0 Å². The highest BCUT2D eigenvalue weighted by molar-refractivity contribution is 5.84. The summed E-state index contributed by atoms with van der Waals surface area (Å²) in [6.45, 7) is 0.897. The molecule has 0 bridgehead atoms. The Morgan fingerprint density at radius 2 is 1.95 bits per heavy atom. The number of aliphatic carboxylic acids is 1. The van der Waals surface area contributed by atoms with E-state index in [1.807, 2.05) is 6.07 Å². The summed E-state index contributed by atoms with van der Waals surface area (Å²) < 4.78 is 40.2. The van der Waals surface area contributed by atoms with Crippen LogP contribution in [0, 0.1) is 5.92 Å². The molecule has 2 atom stereocenters. The average molecular weight is 285 g/mol. The quantitative estimate of drug-likeness (QED) is 0.937. The van der Waals surface area contributed by atoms with Crippen LogP contribution in [0.15, 0.2) is 30.5 Å². The number of hydrogen-bond acceptors (Lipinski definition) is 1. The normalized spacial score (nSPS) is 15.2. The van der Waals surface area contributed by atoms with Crippen molar-refractivity contribution < 1.29 is 23.1 Å². The van der Waals surface area contributed by atoms with E-state index < -0.39 is 24.0 Å². The Labute approximate surface area is 113 Å². The van der Waals surface area contributed by atoms with E-state index in [1.165, 1.54) is 12.1 Å². The number of halogens is 3. The molecule has 0 aliphatic rings. The smallest absolute Gasteiger partial charge is 0.392 e. The van der Waals surface area contributed by atoms with Gasteiger partial charge in [0.1, 0.15) is 0 Å². The Hall–Kier alpha value is -1.98. The van der Waals surface area contributed by atoms with Crippen LogP contribution in [0.2, 0.25) is 0 Å². The van der Waals surface area contributed by atoms with Crippen LogP contribution in [-0.2, 0) is 11.8 Å². The molecule has 0 radical (unpaired) electrons. The van der Waals surface area contributed by atoms with Crippen molar-refractivity contribution in [2.24, 2.45) is 13.0 Å². The van der Waals surface area contributed by atoms with E-state index in [1.54, 1.807) is 23.9 Å². The van der Waals surface area contributed by atoms with E-state index in [0.717, 1.165) is 12.3 Å². The number of carboxylic acid groups (broad SMARTS) is 1. The highest BCUT2D eigenvalue weighted by Gasteiger charge is 2.45. The minimum atomic E-state index is -4.55. The van der Waals surface area contributed by atoms with Gasteiger partial charge in [-0.3, -0.25) is 4.79 Å². The molecule has 0 fully saturated rings. The first-order valence-electron chi connectivity index (χ1n) is 6.06. The predicted octanol–water partition coefficient (Wildman–Crippen LogP) is 3.54. The molecule has 2 aromatic rings. The van der Waals surface area contributed by atoms with Gasteiger partial charge in [0.05, 0.1) is 11.8 Å². The third-order valence-corrected chi connectivity index (χ3v) is 3.55. The molecule has 1 N–H and O–H groups in total. The molecule has 0 saturated heterocycles. The van der Waals surface area contributed by atoms with Gasteiger partial charge in [-0.2, -0.15) is 13.2 Å². The molecular formula is C14H14F3NO2. The number of hydrogen-bond donors (Lipinski definition) is 1. The van der Waals surface area contributed by atoms with Crippen molar-refractivity contribution in [2.75, 3.05) is 0 Å². The predicted molar refractivity (Wildman–Crippen MR) is 68.5 cm³/mol. The summed E-state index contributed by atoms with van der Waals surface area (Å²) in [5, 5.41) is 10.0. The van der Waals surface area contributed by atoms with Crippen molar-refractivity contribution in [3.8, 4) is 0 Å². The summed E-state index contributed by atoms with van der Waals surface area (Å²) >= 11 is 0. The van der Waals surface area contributed by atoms with E-state index in [0.29, 0.717) is 5.52 Å². The molecule has 1 aromatic carbocycles. The summed E-state index contributed by atoms with van der Waals surface area (Å²) in [5.74, 6) is -5.02. The topological polar surface area (TPSA) is 42.2 Å². The Kier molecular flexibility index (Phi) is 3.50. The van der Waals surface area contributed by atoms with E-state index in [-0.39, 0.29) is 5.56 Å². The molecule has 1 heterocycles. The fraction of sp³-hybridized carbons (Fsp3) is 0.357. The van der Waals surface area contributed by atoms with Gasteiger partial charge in [0.25, 0.3) is 0 Å². The van der Waals surface area contributed by atoms with Gasteiger partial charge in [-0.25, -0.2) is 0 Å². The highest BCUT2D eigenvalue weighted by atomic mass is 19.4. The third kappa shape index (κ3) is 2.50. The highest BCUT2D eigenvalue weighted by Crippen LogP contribution is 2.38. The zero-order valence-electron chi connectivity index (χ0n) is 11.0. The fourth-order valence-corrected chi connectivity index (χ4v) is 2.31. The lowest BCUT2D eigenvalue weighted by molar-refractivity contribution is -0.183. The van der Waals surface area contributed by atoms with Crippen molar-refractivity contribution in [3.63, 3.8) is 0 Å². The van der Waals surface area contributed by atoms with Gasteiger partial charge in [0, 0.05) is 18.8 Å². The Morgan fingerprint density at radius 3 is 2.50 bits per heavy atom. The number of carbonyl (C=O) groups is 1. The molecule has 0 aliphatic carbocycles. The summed E-state index contributed by atoms with van der Waals surface area (Å²) in [5.41, 5.74) is 0.875. The van der Waals surface area contributed by atoms with Crippen molar-refractivity contribution in [1.82, 2.24) is 4.57 Å². The Balaban J connectivity index is 2.52. The van der Waals surface area contributed by atoms with Crippen LogP contribution in [-0.4, -0.2) is 21.8 Å². The molecule has 0 spiro atoms. The molecule has 0 aliphatic heterocycles. The van der Waals surface area contributed by atoms with Crippen LogP contribution >= 0.6 is 0 Å². The molecule has 1 unspecified atom stereocenters. The minimum absolute atomic E-state index is 0.164. The minimum Gasteiger partial charge on any atom is -0.481 e. The maximum Gasteiger partial charge on any atom is 0.392 e. The van der Waals surface area contributed by atoms with Gasteiger partial charge in [-0.05, 0) is 23.1 Å². The van der Waals surface area contributed by atoms with Crippen molar-refractivity contribution >= 4 is 16.9 Å². The van der Waals surface area contributed by atoms with Crippen molar-refractivity contribution in [2.45, 2.75) is 19.0 Å². The molecule has 2 rings (SSSR count). The SMILES string of the molecule is C[C@H](C(C(=O)O)c1ccc2ccn(C)c2c1)C(F)(F)F. The number of benzene rings is 1. The second-order valence-corrected chi connectivity index (χ2v) is 4.89. The molecule has 3 nitrogen and oxygen atoms in total. The maximum absolute atomic E-state index is 12.8. The zero-order chi connectivity index (χ0) is 15.1. The van der Waals surface area contributed by atoms with Crippen LogP contribution in [0.1, 0.15) is 18.4 Å². The molecule has 108 valence electrons. The molecular weight excluding hydrogens is 271 g/mol. The van der Waals surface area contributed by atoms with Gasteiger partial charge in [-0.1, -0.05) is 19.1 Å². The number of alkyl halides is 3. The Bertz CT molecular complexity index is 645. The van der Waals surface area contributed by atoms with Crippen LogP contribution in [0.3, 0.4) is 0 Å². The Morgan fingerprint density at radius 1 is 1.30 bits per heavy atom. The maximum atomic E-state index is 12.8. The van der Waals surface area contributed by atoms with Gasteiger partial charge in [-0.15, -0.1) is 0 Å². The lowest BCUT2D eigenvalue weighted by Gasteiger charge is -2.23. The first kappa shape index (κ1) is 14.4. The number of nitrogens with zero attached hydrogens (tertiary/aromatic N) is 1. The number of aryl methyl sites for hydroxylation is 1. The number of rotatable bonds is 3. The largest absolute Gasteiger partial charge is 0.481 e. The number of aromatic nitrogens is 1. The van der Waals surface area contributed by atoms with Gasteiger partial charge < -0.3 is 9.67 Å². The molecule has 0 amide bonds. The van der Waals surface area contributed by atoms with Gasteiger partial charge in [0.2, 0.25) is 0 Å². The molecule has 6 heteroatoms. The zero-order valence-corrected chi connectivity index (χ0v) is 11.0. The monoisotopic (exact) mass is 285 g/mol. The summed E-state index contributed by atoms with van der Waals surface area (Å²) in [4.78, 5) is 11.2. The van der Waals surface area contributed by atoms with Crippen molar-refractivity contribution in [1.29, 1.82) is 0 Å². The average Bonchev–Trinajstić information content (AvgIpc) is 2.70. The lowest BCUT2D eigenvalue weighted by atomic mass is 9.86. The second-order valence-electron chi connectivity index (χ2n) is 4.89. The first-order valence-corrected chi connectivity index (χ1v) is 6.06. The fourth-order valence-electron chi connectivity index (χ4n) is 2.31. The van der Waals surface area contributed by atoms with E-state index in [9.17, 15) is 18.0 Å². The van der Waals surface area contributed by atoms with Crippen molar-refractivity contribution in [3.05, 3.63) is 36.0 Å². The molecule has 0 saturated carbocycles. The first-order chi connectivity index (χ1) is 9.21. The number of fused-ring (bicyclic) bond motifs is 1.